The van der Waals surface area contributed by atoms with Crippen molar-refractivity contribution in [2.24, 2.45) is 5.73 Å². The first-order chi connectivity index (χ1) is 9.07. The Morgan fingerprint density at radius 1 is 1.21 bits per heavy atom. The maximum absolute atomic E-state index is 6.10. The van der Waals surface area contributed by atoms with Crippen molar-refractivity contribution in [1.29, 1.82) is 0 Å². The summed E-state index contributed by atoms with van der Waals surface area (Å²) in [6, 6.07) is 8.74. The van der Waals surface area contributed by atoms with Crippen molar-refractivity contribution in [2.75, 3.05) is 18.0 Å². The van der Waals surface area contributed by atoms with E-state index in [1.807, 2.05) is 0 Å². The molecule has 2 heteroatoms. The summed E-state index contributed by atoms with van der Waals surface area (Å²) in [5.41, 5.74) is 8.77. The number of hydrogen-bond acceptors (Lipinski definition) is 2. The average molecular weight is 262 g/mol. The Morgan fingerprint density at radius 3 is 2.47 bits per heavy atom. The van der Waals surface area contributed by atoms with Gasteiger partial charge < -0.3 is 10.6 Å². The zero-order valence-corrected chi connectivity index (χ0v) is 13.1. The van der Waals surface area contributed by atoms with Crippen LogP contribution in [0.25, 0.3) is 0 Å². The number of nitrogens with zero attached hydrogens (tertiary/aromatic N) is 1. The predicted octanol–water partition coefficient (Wildman–Crippen LogP) is 4.12. The molecule has 0 fully saturated rings. The molecule has 108 valence electrons. The van der Waals surface area contributed by atoms with Gasteiger partial charge in [0.05, 0.1) is 0 Å². The summed E-state index contributed by atoms with van der Waals surface area (Å²) in [5.74, 6) is 0. The minimum Gasteiger partial charge on any atom is -0.365 e. The standard InChI is InChI=1S/C17H30N2/c1-5-7-8-12-17(4,14-18)19(6-2)16-11-9-10-15(3)13-16/h9-11,13H,5-8,12,14,18H2,1-4H3. The third-order valence-electron chi connectivity index (χ3n) is 4.04. The van der Waals surface area contributed by atoms with Gasteiger partial charge in [0, 0.05) is 24.3 Å². The van der Waals surface area contributed by atoms with Crippen molar-refractivity contribution in [2.45, 2.75) is 58.9 Å². The molecule has 0 saturated carbocycles. The Bertz CT molecular complexity index is 375. The summed E-state index contributed by atoms with van der Waals surface area (Å²) in [7, 11) is 0. The van der Waals surface area contributed by atoms with Crippen LogP contribution in [0.15, 0.2) is 24.3 Å². The van der Waals surface area contributed by atoms with E-state index >= 15 is 0 Å². The zero-order chi connectivity index (χ0) is 14.3. The Morgan fingerprint density at radius 2 is 1.95 bits per heavy atom. The molecule has 1 atom stereocenters. The largest absolute Gasteiger partial charge is 0.365 e. The van der Waals surface area contributed by atoms with Crippen LogP contribution in [0.2, 0.25) is 0 Å². The third-order valence-corrected chi connectivity index (χ3v) is 4.04. The monoisotopic (exact) mass is 262 g/mol. The summed E-state index contributed by atoms with van der Waals surface area (Å²) >= 11 is 0. The summed E-state index contributed by atoms with van der Waals surface area (Å²) in [5, 5.41) is 0. The number of unbranched alkanes of at least 4 members (excludes halogenated alkanes) is 2. The van der Waals surface area contributed by atoms with E-state index in [0.29, 0.717) is 6.54 Å². The fourth-order valence-corrected chi connectivity index (χ4v) is 2.77. The SMILES string of the molecule is CCCCCC(C)(CN)N(CC)c1cccc(C)c1. The highest BCUT2D eigenvalue weighted by Gasteiger charge is 2.29. The summed E-state index contributed by atoms with van der Waals surface area (Å²) in [4.78, 5) is 2.47. The minimum atomic E-state index is 0.0672. The van der Waals surface area contributed by atoms with Crippen molar-refractivity contribution in [1.82, 2.24) is 0 Å². The van der Waals surface area contributed by atoms with Gasteiger partial charge in [-0.25, -0.2) is 0 Å². The Balaban J connectivity index is 2.91. The molecule has 0 aliphatic heterocycles. The fourth-order valence-electron chi connectivity index (χ4n) is 2.77. The molecule has 0 saturated heterocycles. The van der Waals surface area contributed by atoms with Crippen LogP contribution in [0.4, 0.5) is 5.69 Å². The molecule has 1 unspecified atom stereocenters. The second-order valence-corrected chi connectivity index (χ2v) is 5.74. The number of hydrogen-bond donors (Lipinski definition) is 1. The van der Waals surface area contributed by atoms with Crippen LogP contribution in [0.1, 0.15) is 52.0 Å². The Labute approximate surface area is 119 Å². The lowest BCUT2D eigenvalue weighted by molar-refractivity contribution is 0.387. The van der Waals surface area contributed by atoms with Crippen LogP contribution in [0, 0.1) is 6.92 Å². The van der Waals surface area contributed by atoms with E-state index in [4.69, 9.17) is 5.73 Å². The molecule has 2 N–H and O–H groups in total. The lowest BCUT2D eigenvalue weighted by Crippen LogP contribution is -2.52. The van der Waals surface area contributed by atoms with Crippen LogP contribution in [0.5, 0.6) is 0 Å². The van der Waals surface area contributed by atoms with Gasteiger partial charge in [-0.1, -0.05) is 38.3 Å². The minimum absolute atomic E-state index is 0.0672. The van der Waals surface area contributed by atoms with E-state index in [-0.39, 0.29) is 5.54 Å². The van der Waals surface area contributed by atoms with E-state index in [0.717, 1.165) is 6.54 Å². The van der Waals surface area contributed by atoms with E-state index in [2.05, 4.69) is 56.9 Å². The maximum Gasteiger partial charge on any atom is 0.0496 e. The first-order valence-corrected chi connectivity index (χ1v) is 7.61. The number of nitrogens with two attached hydrogens (primary N) is 1. The average Bonchev–Trinajstić information content (AvgIpc) is 2.40. The van der Waals surface area contributed by atoms with Gasteiger partial charge in [-0.2, -0.15) is 0 Å². The molecule has 2 nitrogen and oxygen atoms in total. The number of rotatable bonds is 8. The van der Waals surface area contributed by atoms with E-state index in [1.54, 1.807) is 0 Å². The molecule has 1 aromatic rings. The first-order valence-electron chi connectivity index (χ1n) is 7.61. The summed E-state index contributed by atoms with van der Waals surface area (Å²) < 4.78 is 0. The molecular formula is C17H30N2. The van der Waals surface area contributed by atoms with Crippen LogP contribution in [0.3, 0.4) is 0 Å². The van der Waals surface area contributed by atoms with Gasteiger partial charge in [0.15, 0.2) is 0 Å². The van der Waals surface area contributed by atoms with E-state index in [9.17, 15) is 0 Å². The number of anilines is 1. The molecular weight excluding hydrogens is 232 g/mol. The predicted molar refractivity (Wildman–Crippen MR) is 85.8 cm³/mol. The van der Waals surface area contributed by atoms with Crippen molar-refractivity contribution >= 4 is 5.69 Å². The topological polar surface area (TPSA) is 29.3 Å². The van der Waals surface area contributed by atoms with E-state index in [1.165, 1.54) is 36.9 Å². The smallest absolute Gasteiger partial charge is 0.0496 e. The molecule has 19 heavy (non-hydrogen) atoms. The third kappa shape index (κ3) is 4.24. The van der Waals surface area contributed by atoms with Crippen molar-refractivity contribution in [3.63, 3.8) is 0 Å². The number of aryl methyl sites for hydroxylation is 1. The van der Waals surface area contributed by atoms with Crippen LogP contribution >= 0.6 is 0 Å². The molecule has 0 aliphatic carbocycles. The summed E-state index contributed by atoms with van der Waals surface area (Å²) in [6.45, 7) is 10.6. The zero-order valence-electron chi connectivity index (χ0n) is 13.1. The quantitative estimate of drug-likeness (QED) is 0.714. The maximum atomic E-state index is 6.10. The van der Waals surface area contributed by atoms with Crippen molar-refractivity contribution < 1.29 is 0 Å². The van der Waals surface area contributed by atoms with E-state index < -0.39 is 0 Å². The second-order valence-electron chi connectivity index (χ2n) is 5.74. The van der Waals surface area contributed by atoms with Gasteiger partial charge in [-0.15, -0.1) is 0 Å². The highest BCUT2D eigenvalue weighted by molar-refractivity contribution is 5.50. The normalized spacial score (nSPS) is 14.2. The van der Waals surface area contributed by atoms with Gasteiger partial charge in [0.1, 0.15) is 0 Å². The van der Waals surface area contributed by atoms with Gasteiger partial charge in [-0.05, 0) is 44.9 Å². The van der Waals surface area contributed by atoms with Crippen LogP contribution in [-0.4, -0.2) is 18.6 Å². The van der Waals surface area contributed by atoms with Gasteiger partial charge in [-0.3, -0.25) is 0 Å². The first kappa shape index (κ1) is 16.0. The Hall–Kier alpha value is -1.02. The molecule has 1 aromatic carbocycles. The molecule has 0 bridgehead atoms. The highest BCUT2D eigenvalue weighted by Crippen LogP contribution is 2.28. The lowest BCUT2D eigenvalue weighted by atomic mass is 9.91. The molecule has 0 aromatic heterocycles. The van der Waals surface area contributed by atoms with Crippen LogP contribution < -0.4 is 10.6 Å². The lowest BCUT2D eigenvalue weighted by Gasteiger charge is -2.42. The van der Waals surface area contributed by atoms with Crippen LogP contribution in [-0.2, 0) is 0 Å². The number of benzene rings is 1. The van der Waals surface area contributed by atoms with Crippen molar-refractivity contribution in [3.05, 3.63) is 29.8 Å². The molecule has 1 rings (SSSR count). The molecule has 0 amide bonds. The second kappa shape index (κ2) is 7.54. The molecule has 0 aliphatic rings. The highest BCUT2D eigenvalue weighted by atomic mass is 15.2. The van der Waals surface area contributed by atoms with Crippen molar-refractivity contribution in [3.8, 4) is 0 Å². The molecule has 0 heterocycles. The van der Waals surface area contributed by atoms with Gasteiger partial charge in [0.2, 0.25) is 0 Å². The molecule has 0 spiro atoms. The van der Waals surface area contributed by atoms with Gasteiger partial charge in [0.25, 0.3) is 0 Å². The number of likely N-dealkylation sites (N-methyl/N-ethyl adjacent to an activating group) is 1. The Kier molecular flexibility index (Phi) is 6.36. The molecule has 0 radical (unpaired) electrons. The van der Waals surface area contributed by atoms with Gasteiger partial charge >= 0.3 is 0 Å². The fraction of sp³-hybridized carbons (Fsp3) is 0.647. The summed E-state index contributed by atoms with van der Waals surface area (Å²) in [6.07, 6.45) is 4.98.